The Labute approximate surface area is 111 Å². The fourth-order valence-electron chi connectivity index (χ4n) is 1.92. The molecule has 0 aliphatic carbocycles. The smallest absolute Gasteiger partial charge is 0.165 e. The quantitative estimate of drug-likeness (QED) is 0.901. The van der Waals surface area contributed by atoms with Crippen molar-refractivity contribution in [2.45, 2.75) is 26.9 Å². The molecule has 4 nitrogen and oxygen atoms in total. The van der Waals surface area contributed by atoms with E-state index < -0.39 is 0 Å². The van der Waals surface area contributed by atoms with Crippen molar-refractivity contribution in [2.24, 2.45) is 5.73 Å². The molecule has 19 heavy (non-hydrogen) atoms. The number of nitrogens with zero attached hydrogens (tertiary/aromatic N) is 1. The van der Waals surface area contributed by atoms with Gasteiger partial charge in [0.25, 0.3) is 0 Å². The molecule has 0 aliphatic heterocycles. The minimum Gasteiger partial charge on any atom is -0.485 e. The van der Waals surface area contributed by atoms with E-state index in [1.807, 2.05) is 13.0 Å². The molecule has 5 heteroatoms. The first-order chi connectivity index (χ1) is 9.13. The van der Waals surface area contributed by atoms with E-state index in [0.717, 1.165) is 16.8 Å². The molecule has 0 spiro atoms. The summed E-state index contributed by atoms with van der Waals surface area (Å²) in [5.41, 5.74) is 7.90. The maximum atomic E-state index is 13.8. The Morgan fingerprint density at radius 1 is 1.37 bits per heavy atom. The largest absolute Gasteiger partial charge is 0.485 e. The normalized spacial score (nSPS) is 10.7. The highest BCUT2D eigenvalue weighted by Crippen LogP contribution is 2.25. The first-order valence-electron chi connectivity index (χ1n) is 6.15. The van der Waals surface area contributed by atoms with E-state index in [2.05, 4.69) is 5.16 Å². The van der Waals surface area contributed by atoms with Crippen LogP contribution >= 0.6 is 0 Å². The fraction of sp³-hybridized carbons (Fsp3) is 0.357. The molecule has 0 radical (unpaired) electrons. The van der Waals surface area contributed by atoms with Crippen molar-refractivity contribution >= 4 is 0 Å². The van der Waals surface area contributed by atoms with Gasteiger partial charge in [0.2, 0.25) is 0 Å². The maximum absolute atomic E-state index is 13.8. The van der Waals surface area contributed by atoms with Crippen LogP contribution < -0.4 is 10.5 Å². The van der Waals surface area contributed by atoms with Crippen molar-refractivity contribution < 1.29 is 13.7 Å². The number of nitrogens with two attached hydrogens (primary N) is 1. The van der Waals surface area contributed by atoms with E-state index in [0.29, 0.717) is 18.7 Å². The molecular formula is C14H17FN2O2. The summed E-state index contributed by atoms with van der Waals surface area (Å²) in [6.45, 7) is 4.32. The van der Waals surface area contributed by atoms with E-state index in [-0.39, 0.29) is 18.2 Å². The third kappa shape index (κ3) is 2.93. The Kier molecular flexibility index (Phi) is 4.16. The van der Waals surface area contributed by atoms with Crippen LogP contribution in [0.1, 0.15) is 22.6 Å². The molecule has 2 rings (SSSR count). The lowest BCUT2D eigenvalue weighted by atomic mass is 10.1. The summed E-state index contributed by atoms with van der Waals surface area (Å²) in [7, 11) is 0. The highest BCUT2D eigenvalue weighted by molar-refractivity contribution is 5.35. The lowest BCUT2D eigenvalue weighted by molar-refractivity contribution is 0.283. The molecule has 2 N–H and O–H groups in total. The molecule has 0 fully saturated rings. The van der Waals surface area contributed by atoms with Crippen LogP contribution in [0.25, 0.3) is 0 Å². The predicted molar refractivity (Wildman–Crippen MR) is 69.5 cm³/mol. The van der Waals surface area contributed by atoms with Crippen molar-refractivity contribution in [3.63, 3.8) is 0 Å². The molecule has 0 saturated carbocycles. The zero-order chi connectivity index (χ0) is 13.8. The highest BCUT2D eigenvalue weighted by Gasteiger charge is 2.13. The van der Waals surface area contributed by atoms with Gasteiger partial charge in [-0.15, -0.1) is 0 Å². The van der Waals surface area contributed by atoms with Crippen molar-refractivity contribution in [1.29, 1.82) is 0 Å². The average Bonchev–Trinajstić information content (AvgIpc) is 2.69. The molecule has 0 saturated heterocycles. The lowest BCUT2D eigenvalue weighted by Gasteiger charge is -2.11. The van der Waals surface area contributed by atoms with Crippen molar-refractivity contribution in [1.82, 2.24) is 5.16 Å². The maximum Gasteiger partial charge on any atom is 0.165 e. The number of para-hydroxylation sites is 1. The van der Waals surface area contributed by atoms with Crippen LogP contribution in [-0.2, 0) is 13.0 Å². The topological polar surface area (TPSA) is 61.3 Å². The van der Waals surface area contributed by atoms with Crippen molar-refractivity contribution in [3.05, 3.63) is 46.6 Å². The van der Waals surface area contributed by atoms with Crippen LogP contribution in [0.4, 0.5) is 4.39 Å². The molecule has 2 aromatic rings. The van der Waals surface area contributed by atoms with Gasteiger partial charge in [0, 0.05) is 0 Å². The molecule has 0 atom stereocenters. The third-order valence-corrected chi connectivity index (χ3v) is 3.00. The molecular weight excluding hydrogens is 247 g/mol. The van der Waals surface area contributed by atoms with Crippen LogP contribution in [0.15, 0.2) is 22.7 Å². The van der Waals surface area contributed by atoms with Crippen LogP contribution in [0.3, 0.4) is 0 Å². The summed E-state index contributed by atoms with van der Waals surface area (Å²) in [6.07, 6.45) is 0.578. The van der Waals surface area contributed by atoms with E-state index in [4.69, 9.17) is 15.0 Å². The Balaban J connectivity index is 2.19. The molecule has 1 heterocycles. The third-order valence-electron chi connectivity index (χ3n) is 3.00. The summed E-state index contributed by atoms with van der Waals surface area (Å²) in [5, 5.41) is 3.84. The van der Waals surface area contributed by atoms with Crippen LogP contribution in [0.5, 0.6) is 5.75 Å². The number of hydrogen-bond acceptors (Lipinski definition) is 4. The minimum atomic E-state index is -0.377. The van der Waals surface area contributed by atoms with Crippen molar-refractivity contribution in [2.75, 3.05) is 6.54 Å². The highest BCUT2D eigenvalue weighted by atomic mass is 19.1. The second-order valence-corrected chi connectivity index (χ2v) is 4.36. The van der Waals surface area contributed by atoms with Crippen LogP contribution in [-0.4, -0.2) is 11.7 Å². The summed E-state index contributed by atoms with van der Waals surface area (Å²) in [6, 6.07) is 4.85. The van der Waals surface area contributed by atoms with Gasteiger partial charge < -0.3 is 15.0 Å². The van der Waals surface area contributed by atoms with Crippen LogP contribution in [0.2, 0.25) is 0 Å². The number of aryl methyl sites for hydroxylation is 2. The van der Waals surface area contributed by atoms with Gasteiger partial charge in [-0.05, 0) is 38.4 Å². The number of rotatable bonds is 5. The molecule has 102 valence electrons. The monoisotopic (exact) mass is 264 g/mol. The summed E-state index contributed by atoms with van der Waals surface area (Å²) >= 11 is 0. The zero-order valence-electron chi connectivity index (χ0n) is 11.1. The summed E-state index contributed by atoms with van der Waals surface area (Å²) in [4.78, 5) is 0. The molecule has 0 bridgehead atoms. The number of benzene rings is 1. The first kappa shape index (κ1) is 13.5. The molecule has 1 aromatic carbocycles. The van der Waals surface area contributed by atoms with Gasteiger partial charge in [-0.25, -0.2) is 4.39 Å². The number of hydrogen-bond donors (Lipinski definition) is 1. The van der Waals surface area contributed by atoms with Gasteiger partial charge >= 0.3 is 0 Å². The van der Waals surface area contributed by atoms with Gasteiger partial charge in [-0.2, -0.15) is 0 Å². The average molecular weight is 264 g/mol. The molecule has 0 unspecified atom stereocenters. The lowest BCUT2D eigenvalue weighted by Crippen LogP contribution is -2.07. The Morgan fingerprint density at radius 2 is 2.16 bits per heavy atom. The van der Waals surface area contributed by atoms with Gasteiger partial charge in [-0.1, -0.05) is 17.3 Å². The minimum absolute atomic E-state index is 0.236. The number of halogens is 1. The SMILES string of the molecule is Cc1noc(C)c1COc1c(F)cccc1CCN. The molecule has 0 amide bonds. The van der Waals surface area contributed by atoms with Crippen LogP contribution in [0, 0.1) is 19.7 Å². The Morgan fingerprint density at radius 3 is 2.79 bits per heavy atom. The summed E-state index contributed by atoms with van der Waals surface area (Å²) in [5.74, 6) is 0.569. The fourth-order valence-corrected chi connectivity index (χ4v) is 1.92. The second-order valence-electron chi connectivity index (χ2n) is 4.36. The first-order valence-corrected chi connectivity index (χ1v) is 6.15. The molecule has 1 aromatic heterocycles. The van der Waals surface area contributed by atoms with Gasteiger partial charge in [0.05, 0.1) is 11.3 Å². The summed E-state index contributed by atoms with van der Waals surface area (Å²) < 4.78 is 24.4. The van der Waals surface area contributed by atoms with Gasteiger partial charge in [0.15, 0.2) is 11.6 Å². The van der Waals surface area contributed by atoms with Gasteiger partial charge in [-0.3, -0.25) is 0 Å². The number of aromatic nitrogens is 1. The zero-order valence-corrected chi connectivity index (χ0v) is 11.1. The van der Waals surface area contributed by atoms with E-state index >= 15 is 0 Å². The van der Waals surface area contributed by atoms with E-state index in [9.17, 15) is 4.39 Å². The number of ether oxygens (including phenoxy) is 1. The second kappa shape index (κ2) is 5.84. The van der Waals surface area contributed by atoms with Crippen molar-refractivity contribution in [3.8, 4) is 5.75 Å². The Bertz CT molecular complexity index is 547. The standard InChI is InChI=1S/C14H17FN2O2/c1-9-12(10(2)19-17-9)8-18-14-11(6-7-16)4-3-5-13(14)15/h3-5H,6-8,16H2,1-2H3. The van der Waals surface area contributed by atoms with E-state index in [1.54, 1.807) is 13.0 Å². The predicted octanol–water partition coefficient (Wildman–Crippen LogP) is 2.51. The van der Waals surface area contributed by atoms with Gasteiger partial charge in [0.1, 0.15) is 12.4 Å². The molecule has 0 aliphatic rings. The van der Waals surface area contributed by atoms with E-state index in [1.165, 1.54) is 6.07 Å². The Hall–Kier alpha value is -1.88.